The number of hydrogen-bond acceptors (Lipinski definition) is 6. The number of hydrogen-bond donors (Lipinski definition) is 2. The van der Waals surface area contributed by atoms with E-state index >= 15 is 0 Å². The van der Waals surface area contributed by atoms with Gasteiger partial charge in [0.15, 0.2) is 0 Å². The monoisotopic (exact) mass is 595 g/mol. The topological polar surface area (TPSA) is 113 Å². The van der Waals surface area contributed by atoms with Crippen molar-refractivity contribution in [2.24, 2.45) is 5.92 Å². The fraction of sp³-hybridized carbons (Fsp3) is 0.576. The molecule has 10 heteroatoms. The molecule has 4 amide bonds. The minimum Gasteiger partial charge on any atom is -0.444 e. The van der Waals surface area contributed by atoms with E-state index in [1.807, 2.05) is 79.7 Å². The maximum atomic E-state index is 13.6. The van der Waals surface area contributed by atoms with E-state index in [4.69, 9.17) is 14.5 Å². The van der Waals surface area contributed by atoms with Gasteiger partial charge in [0.05, 0.1) is 11.4 Å². The molecule has 1 fully saturated rings. The summed E-state index contributed by atoms with van der Waals surface area (Å²) < 4.78 is 11.0. The molecule has 1 aromatic heterocycles. The number of nitrogens with one attached hydrogen (secondary N) is 2. The second-order valence-corrected chi connectivity index (χ2v) is 13.6. The minimum atomic E-state index is -0.636. The van der Waals surface area contributed by atoms with Gasteiger partial charge >= 0.3 is 18.2 Å². The molecule has 0 aliphatic carbocycles. The van der Waals surface area contributed by atoms with Gasteiger partial charge in [-0.15, -0.1) is 0 Å². The van der Waals surface area contributed by atoms with Crippen LogP contribution in [0.25, 0.3) is 11.1 Å². The summed E-state index contributed by atoms with van der Waals surface area (Å²) in [6.07, 6.45) is -0.199. The average molecular weight is 596 g/mol. The van der Waals surface area contributed by atoms with Crippen molar-refractivity contribution in [2.45, 2.75) is 93.4 Å². The Labute approximate surface area is 256 Å². The molecule has 1 aliphatic heterocycles. The van der Waals surface area contributed by atoms with Crippen LogP contribution in [-0.2, 0) is 22.4 Å². The van der Waals surface area contributed by atoms with Gasteiger partial charge in [-0.05, 0) is 73.3 Å². The number of pyridine rings is 1. The molecule has 2 N–H and O–H groups in total. The van der Waals surface area contributed by atoms with Gasteiger partial charge < -0.3 is 29.9 Å². The van der Waals surface area contributed by atoms with Crippen molar-refractivity contribution in [2.75, 3.05) is 31.5 Å². The first-order chi connectivity index (χ1) is 19.9. The summed E-state index contributed by atoms with van der Waals surface area (Å²) in [6.45, 7) is 20.8. The lowest BCUT2D eigenvalue weighted by Gasteiger charge is -2.35. The van der Waals surface area contributed by atoms with Gasteiger partial charge in [0.2, 0.25) is 0 Å². The zero-order chi connectivity index (χ0) is 32.1. The van der Waals surface area contributed by atoms with E-state index in [1.165, 1.54) is 0 Å². The van der Waals surface area contributed by atoms with Crippen LogP contribution in [0.4, 0.5) is 20.1 Å². The molecule has 3 rings (SSSR count). The van der Waals surface area contributed by atoms with E-state index in [9.17, 15) is 14.4 Å². The maximum Gasteiger partial charge on any atom is 0.410 e. The van der Waals surface area contributed by atoms with Gasteiger partial charge in [-0.3, -0.25) is 4.98 Å². The summed E-state index contributed by atoms with van der Waals surface area (Å²) in [5.74, 6) is 0.319. The first-order valence-corrected chi connectivity index (χ1v) is 15.0. The van der Waals surface area contributed by atoms with Gasteiger partial charge in [-0.2, -0.15) is 0 Å². The highest BCUT2D eigenvalue weighted by atomic mass is 16.6. The van der Waals surface area contributed by atoms with Gasteiger partial charge in [0.1, 0.15) is 11.2 Å². The Hall–Kier alpha value is -3.82. The predicted molar refractivity (Wildman–Crippen MR) is 169 cm³/mol. The SMILES string of the molecule is Cc1ccc(-c2c(CNC(=O)OC(C)(C)C)c(CC(C)C)nc(C)c2NC(=O)N2CCN(C(=O)OC(C)(C)C)CC2)cc1. The Kier molecular flexibility index (Phi) is 10.7. The fourth-order valence-corrected chi connectivity index (χ4v) is 4.82. The third-order valence-electron chi connectivity index (χ3n) is 6.77. The predicted octanol–water partition coefficient (Wildman–Crippen LogP) is 6.67. The van der Waals surface area contributed by atoms with Crippen LogP contribution in [0.1, 0.15) is 77.9 Å². The van der Waals surface area contributed by atoms with Crippen molar-refractivity contribution in [3.63, 3.8) is 0 Å². The van der Waals surface area contributed by atoms with E-state index < -0.39 is 17.3 Å². The molecule has 0 unspecified atom stereocenters. The van der Waals surface area contributed by atoms with E-state index in [0.29, 0.717) is 49.9 Å². The molecule has 0 bridgehead atoms. The Morgan fingerprint density at radius 2 is 1.44 bits per heavy atom. The highest BCUT2D eigenvalue weighted by molar-refractivity contribution is 5.96. The standard InChI is InChI=1S/C33H49N5O5/c1-21(2)19-26-25(20-34-30(40)42-32(5,6)7)27(24-13-11-22(3)12-14-24)28(23(4)35-26)36-29(39)37-15-17-38(18-16-37)31(41)43-33(8,9)10/h11-14,21H,15-20H2,1-10H3,(H,34,40)(H,36,39). The van der Waals surface area contributed by atoms with E-state index in [-0.39, 0.29) is 18.7 Å². The number of aromatic nitrogens is 1. The lowest BCUT2D eigenvalue weighted by molar-refractivity contribution is 0.0173. The number of aryl methyl sites for hydroxylation is 2. The van der Waals surface area contributed by atoms with E-state index in [2.05, 4.69) is 24.5 Å². The quantitative estimate of drug-likeness (QED) is 0.386. The molecule has 2 heterocycles. The van der Waals surface area contributed by atoms with Crippen molar-refractivity contribution in [1.82, 2.24) is 20.1 Å². The molecule has 236 valence electrons. The molecule has 0 radical (unpaired) electrons. The highest BCUT2D eigenvalue weighted by Crippen LogP contribution is 2.37. The smallest absolute Gasteiger partial charge is 0.410 e. The third kappa shape index (κ3) is 9.86. The van der Waals surface area contributed by atoms with E-state index in [0.717, 1.165) is 27.9 Å². The first kappa shape index (κ1) is 33.7. The van der Waals surface area contributed by atoms with Crippen LogP contribution in [-0.4, -0.2) is 70.4 Å². The molecule has 0 saturated carbocycles. The highest BCUT2D eigenvalue weighted by Gasteiger charge is 2.29. The van der Waals surface area contributed by atoms with Crippen LogP contribution in [0.5, 0.6) is 0 Å². The average Bonchev–Trinajstić information content (AvgIpc) is 2.87. The summed E-state index contributed by atoms with van der Waals surface area (Å²) in [4.78, 5) is 47.1. The molecule has 10 nitrogen and oxygen atoms in total. The molecule has 0 atom stereocenters. The van der Waals surface area contributed by atoms with Crippen molar-refractivity contribution in [3.8, 4) is 11.1 Å². The molecular formula is C33H49N5O5. The zero-order valence-electron chi connectivity index (χ0n) is 27.5. The number of nitrogens with zero attached hydrogens (tertiary/aromatic N) is 3. The van der Waals surface area contributed by atoms with Crippen LogP contribution < -0.4 is 10.6 Å². The Balaban J connectivity index is 1.96. The van der Waals surface area contributed by atoms with Crippen LogP contribution >= 0.6 is 0 Å². The van der Waals surface area contributed by atoms with Crippen LogP contribution in [0.15, 0.2) is 24.3 Å². The number of carbonyl (C=O) groups excluding carboxylic acids is 3. The lowest BCUT2D eigenvalue weighted by Crippen LogP contribution is -2.52. The maximum absolute atomic E-state index is 13.6. The molecule has 43 heavy (non-hydrogen) atoms. The number of anilines is 1. The third-order valence-corrected chi connectivity index (χ3v) is 6.77. The molecule has 1 aromatic carbocycles. The second-order valence-electron chi connectivity index (χ2n) is 13.6. The van der Waals surface area contributed by atoms with Crippen molar-refractivity contribution < 1.29 is 23.9 Å². The number of alkyl carbamates (subject to hydrolysis) is 1. The van der Waals surface area contributed by atoms with Crippen LogP contribution in [0.3, 0.4) is 0 Å². The largest absolute Gasteiger partial charge is 0.444 e. The van der Waals surface area contributed by atoms with E-state index in [1.54, 1.807) is 9.80 Å². The number of piperazine rings is 1. The van der Waals surface area contributed by atoms with Gasteiger partial charge in [0.25, 0.3) is 0 Å². The van der Waals surface area contributed by atoms with Crippen molar-refractivity contribution in [1.29, 1.82) is 0 Å². The Morgan fingerprint density at radius 1 is 0.884 bits per heavy atom. The lowest BCUT2D eigenvalue weighted by atomic mass is 9.92. The minimum absolute atomic E-state index is 0.185. The number of benzene rings is 1. The van der Waals surface area contributed by atoms with Gasteiger partial charge in [-0.1, -0.05) is 43.7 Å². The molecular weight excluding hydrogens is 546 g/mol. The number of ether oxygens (including phenoxy) is 2. The zero-order valence-corrected chi connectivity index (χ0v) is 27.5. The van der Waals surface area contributed by atoms with Crippen molar-refractivity contribution in [3.05, 3.63) is 46.8 Å². The van der Waals surface area contributed by atoms with Gasteiger partial charge in [-0.25, -0.2) is 14.4 Å². The summed E-state index contributed by atoms with van der Waals surface area (Å²) in [5, 5.41) is 6.05. The molecule has 1 saturated heterocycles. The number of urea groups is 1. The van der Waals surface area contributed by atoms with Crippen LogP contribution in [0, 0.1) is 19.8 Å². The number of carbonyl (C=O) groups is 3. The van der Waals surface area contributed by atoms with Crippen molar-refractivity contribution >= 4 is 23.9 Å². The summed E-state index contributed by atoms with van der Waals surface area (Å²) in [6, 6.07) is 7.83. The summed E-state index contributed by atoms with van der Waals surface area (Å²) >= 11 is 0. The van der Waals surface area contributed by atoms with Crippen LogP contribution in [0.2, 0.25) is 0 Å². The summed E-state index contributed by atoms with van der Waals surface area (Å²) in [7, 11) is 0. The summed E-state index contributed by atoms with van der Waals surface area (Å²) in [5.41, 5.74) is 4.60. The molecule has 0 spiro atoms. The molecule has 1 aliphatic rings. The fourth-order valence-electron chi connectivity index (χ4n) is 4.82. The molecule has 2 aromatic rings. The number of rotatable bonds is 6. The first-order valence-electron chi connectivity index (χ1n) is 15.0. The normalized spacial score (nSPS) is 14.0. The second kappa shape index (κ2) is 13.7. The number of amides is 4. The Bertz CT molecular complexity index is 1300. The van der Waals surface area contributed by atoms with Gasteiger partial charge in [0, 0.05) is 49.5 Å². The Morgan fingerprint density at radius 3 is 1.98 bits per heavy atom.